The predicted octanol–water partition coefficient (Wildman–Crippen LogP) is 2.91. The smallest absolute Gasteiger partial charge is 0.254 e. The Balaban J connectivity index is 1.59. The van der Waals surface area contributed by atoms with Crippen molar-refractivity contribution in [1.29, 1.82) is 5.26 Å². The maximum atomic E-state index is 13.2. The van der Waals surface area contributed by atoms with E-state index in [1.807, 2.05) is 6.20 Å². The number of nitrogens with two attached hydrogens (primary N) is 1. The first kappa shape index (κ1) is 20.0. The van der Waals surface area contributed by atoms with Crippen LogP contribution in [-0.4, -0.2) is 38.7 Å². The number of hydrogen-bond acceptors (Lipinski definition) is 7. The van der Waals surface area contributed by atoms with Crippen molar-refractivity contribution in [1.82, 2.24) is 19.7 Å². The summed E-state index contributed by atoms with van der Waals surface area (Å²) in [5.41, 5.74) is 8.15. The first-order valence-corrected chi connectivity index (χ1v) is 10.3. The average Bonchev–Trinajstić information content (AvgIpc) is 3.40. The maximum Gasteiger partial charge on any atom is 0.254 e. The number of nitrogens with one attached hydrogen (secondary N) is 1. The summed E-state index contributed by atoms with van der Waals surface area (Å²) in [6.45, 7) is 2.17. The van der Waals surface area contributed by atoms with Crippen LogP contribution < -0.4 is 11.1 Å². The Morgan fingerprint density at radius 1 is 1.40 bits per heavy atom. The molecule has 1 amide bonds. The number of anilines is 2. The van der Waals surface area contributed by atoms with E-state index in [0.717, 1.165) is 18.0 Å². The molecule has 4 rings (SSSR count). The molecule has 1 aromatic carbocycles. The van der Waals surface area contributed by atoms with Crippen molar-refractivity contribution >= 4 is 28.7 Å². The average molecular weight is 425 g/mol. The molecule has 10 heteroatoms. The number of halogens is 1. The molecule has 154 valence electrons. The van der Waals surface area contributed by atoms with E-state index in [4.69, 9.17) is 5.73 Å². The summed E-state index contributed by atoms with van der Waals surface area (Å²) >= 11 is 1.59. The Bertz CT molecular complexity index is 1060. The van der Waals surface area contributed by atoms with Crippen LogP contribution in [0.2, 0.25) is 0 Å². The van der Waals surface area contributed by atoms with Gasteiger partial charge in [-0.25, -0.2) is 4.39 Å². The van der Waals surface area contributed by atoms with Crippen LogP contribution in [0, 0.1) is 23.1 Å². The fourth-order valence-electron chi connectivity index (χ4n) is 3.60. The molecule has 1 aliphatic heterocycles. The molecule has 0 aliphatic carbocycles. The molecule has 0 saturated carbocycles. The molecular weight excluding hydrogens is 405 g/mol. The normalized spacial score (nSPS) is 19.3. The molecule has 1 aliphatic rings. The fraction of sp³-hybridized carbons (Fsp3) is 0.300. The van der Waals surface area contributed by atoms with Gasteiger partial charge in [-0.3, -0.25) is 19.4 Å². The van der Waals surface area contributed by atoms with Crippen LogP contribution in [0.25, 0.3) is 0 Å². The van der Waals surface area contributed by atoms with E-state index >= 15 is 0 Å². The third kappa shape index (κ3) is 4.32. The van der Waals surface area contributed by atoms with Gasteiger partial charge >= 0.3 is 0 Å². The van der Waals surface area contributed by atoms with Crippen LogP contribution in [0.5, 0.6) is 0 Å². The topological polar surface area (TPSA) is 113 Å². The van der Waals surface area contributed by atoms with Crippen molar-refractivity contribution < 1.29 is 9.18 Å². The number of piperidine rings is 1. The Hall–Kier alpha value is -3.29. The van der Waals surface area contributed by atoms with E-state index in [9.17, 15) is 14.4 Å². The van der Waals surface area contributed by atoms with E-state index in [1.54, 1.807) is 39.9 Å². The zero-order valence-electron chi connectivity index (χ0n) is 16.0. The van der Waals surface area contributed by atoms with Gasteiger partial charge < -0.3 is 11.1 Å². The standard InChI is InChI=1S/C20H20FN7OS/c21-14-1-3-15(4-2-14)25-20-17(19(23)29)10-28(26-20)18-11-27(6-5-13(18)7-22)9-16-8-24-12-30-16/h1-4,8,10,12-13,18H,5-6,9,11H2,(H2,23,29)(H,25,26). The molecule has 0 spiro atoms. The molecule has 0 radical (unpaired) electrons. The number of rotatable bonds is 6. The number of nitrogens with zero attached hydrogens (tertiary/aromatic N) is 5. The van der Waals surface area contributed by atoms with Gasteiger partial charge in [0.2, 0.25) is 0 Å². The van der Waals surface area contributed by atoms with Crippen LogP contribution in [-0.2, 0) is 6.54 Å². The highest BCUT2D eigenvalue weighted by Gasteiger charge is 2.32. The number of aromatic nitrogens is 3. The van der Waals surface area contributed by atoms with Gasteiger partial charge in [-0.1, -0.05) is 0 Å². The Morgan fingerprint density at radius 2 is 2.20 bits per heavy atom. The third-order valence-corrected chi connectivity index (χ3v) is 5.90. The fourth-order valence-corrected chi connectivity index (χ4v) is 4.24. The van der Waals surface area contributed by atoms with Gasteiger partial charge in [0.15, 0.2) is 5.82 Å². The highest BCUT2D eigenvalue weighted by Crippen LogP contribution is 2.30. The lowest BCUT2D eigenvalue weighted by Gasteiger charge is -2.35. The Morgan fingerprint density at radius 3 is 2.87 bits per heavy atom. The number of benzene rings is 1. The summed E-state index contributed by atoms with van der Waals surface area (Å²) in [6, 6.07) is 7.87. The van der Waals surface area contributed by atoms with Crippen molar-refractivity contribution in [2.24, 2.45) is 11.7 Å². The number of hydrogen-bond donors (Lipinski definition) is 2. The van der Waals surface area contributed by atoms with Gasteiger partial charge in [0.05, 0.1) is 23.5 Å². The SMILES string of the molecule is N#CC1CCN(Cc2cncs2)CC1n1cc(C(N)=O)c(Nc2ccc(F)cc2)n1. The second-order valence-electron chi connectivity index (χ2n) is 7.16. The van der Waals surface area contributed by atoms with E-state index in [-0.39, 0.29) is 29.2 Å². The van der Waals surface area contributed by atoms with Crippen molar-refractivity contribution in [2.75, 3.05) is 18.4 Å². The van der Waals surface area contributed by atoms with E-state index < -0.39 is 5.91 Å². The Kier molecular flexibility index (Phi) is 5.74. The number of amides is 1. The second kappa shape index (κ2) is 8.61. The zero-order valence-corrected chi connectivity index (χ0v) is 16.8. The molecule has 3 N–H and O–H groups in total. The number of carbonyl (C=O) groups excluding carboxylic acids is 1. The molecule has 1 saturated heterocycles. The van der Waals surface area contributed by atoms with Crippen molar-refractivity contribution in [3.8, 4) is 6.07 Å². The van der Waals surface area contributed by atoms with Crippen LogP contribution in [0.4, 0.5) is 15.9 Å². The van der Waals surface area contributed by atoms with Gasteiger partial charge in [0.25, 0.3) is 5.91 Å². The van der Waals surface area contributed by atoms with Gasteiger partial charge in [0.1, 0.15) is 11.4 Å². The van der Waals surface area contributed by atoms with E-state index in [0.29, 0.717) is 18.7 Å². The molecular formula is C20H20FN7OS. The number of likely N-dealkylation sites (tertiary alicyclic amines) is 1. The summed E-state index contributed by atoms with van der Waals surface area (Å²) in [5, 5.41) is 17.2. The summed E-state index contributed by atoms with van der Waals surface area (Å²) in [4.78, 5) is 19.5. The molecule has 2 unspecified atom stereocenters. The quantitative estimate of drug-likeness (QED) is 0.628. The van der Waals surface area contributed by atoms with Crippen LogP contribution in [0.3, 0.4) is 0 Å². The van der Waals surface area contributed by atoms with Gasteiger partial charge in [-0.05, 0) is 37.2 Å². The lowest BCUT2D eigenvalue weighted by molar-refractivity contribution is 0.1000. The van der Waals surface area contributed by atoms with Crippen LogP contribution in [0.15, 0.2) is 42.2 Å². The Labute approximate surface area is 176 Å². The second-order valence-corrected chi connectivity index (χ2v) is 8.13. The lowest BCUT2D eigenvalue weighted by atomic mass is 9.93. The van der Waals surface area contributed by atoms with E-state index in [2.05, 4.69) is 26.4 Å². The molecule has 3 aromatic rings. The minimum absolute atomic E-state index is 0.218. The van der Waals surface area contributed by atoms with Gasteiger partial charge in [-0.15, -0.1) is 11.3 Å². The summed E-state index contributed by atoms with van der Waals surface area (Å²) in [7, 11) is 0. The zero-order chi connectivity index (χ0) is 21.1. The minimum Gasteiger partial charge on any atom is -0.365 e. The molecule has 30 heavy (non-hydrogen) atoms. The highest BCUT2D eigenvalue weighted by atomic mass is 32.1. The molecule has 0 bridgehead atoms. The maximum absolute atomic E-state index is 13.2. The first-order chi connectivity index (χ1) is 14.5. The molecule has 2 atom stereocenters. The van der Waals surface area contributed by atoms with Crippen LogP contribution >= 0.6 is 11.3 Å². The first-order valence-electron chi connectivity index (χ1n) is 9.44. The summed E-state index contributed by atoms with van der Waals surface area (Å²) in [5.74, 6) is -0.939. The monoisotopic (exact) mass is 425 g/mol. The predicted molar refractivity (Wildman–Crippen MR) is 111 cm³/mol. The summed E-state index contributed by atoms with van der Waals surface area (Å²) < 4.78 is 14.8. The van der Waals surface area contributed by atoms with Crippen molar-refractivity contribution in [2.45, 2.75) is 19.0 Å². The van der Waals surface area contributed by atoms with Gasteiger partial charge in [-0.2, -0.15) is 10.4 Å². The summed E-state index contributed by atoms with van der Waals surface area (Å²) in [6.07, 6.45) is 4.13. The largest absolute Gasteiger partial charge is 0.365 e. The minimum atomic E-state index is -0.628. The van der Waals surface area contributed by atoms with Crippen molar-refractivity contribution in [3.05, 3.63) is 58.4 Å². The number of primary amides is 1. The molecule has 8 nitrogen and oxygen atoms in total. The molecule has 3 heterocycles. The lowest BCUT2D eigenvalue weighted by Crippen LogP contribution is -2.40. The van der Waals surface area contributed by atoms with Crippen LogP contribution in [0.1, 0.15) is 27.7 Å². The number of thiazole rings is 1. The molecule has 2 aromatic heterocycles. The van der Waals surface area contributed by atoms with E-state index in [1.165, 1.54) is 12.1 Å². The van der Waals surface area contributed by atoms with Crippen molar-refractivity contribution in [3.63, 3.8) is 0 Å². The number of carbonyl (C=O) groups is 1. The third-order valence-electron chi connectivity index (χ3n) is 5.14. The molecule has 1 fully saturated rings. The van der Waals surface area contributed by atoms with Gasteiger partial charge in [0, 0.05) is 36.0 Å². The number of nitriles is 1. The highest BCUT2D eigenvalue weighted by molar-refractivity contribution is 7.09.